The Kier molecular flexibility index (Phi) is 16.0. The minimum Gasteiger partial charge on any atom is -0.0894 e. The fraction of sp³-hybridized carbons (Fsp3) is 1.00. The number of rotatable bonds is 14. The first-order valence-corrected chi connectivity index (χ1v) is 9.33. The van der Waals surface area contributed by atoms with E-state index in [1.165, 1.54) is 89.9 Å². The fourth-order valence-corrected chi connectivity index (χ4v) is 2.77. The van der Waals surface area contributed by atoms with Crippen molar-refractivity contribution in [1.29, 1.82) is 0 Å². The second-order valence-electron chi connectivity index (χ2n) is 5.81. The highest BCUT2D eigenvalue weighted by molar-refractivity contribution is 9.09. The van der Waals surface area contributed by atoms with Gasteiger partial charge in [0.1, 0.15) is 0 Å². The molecule has 0 aromatic heterocycles. The van der Waals surface area contributed by atoms with Gasteiger partial charge in [0.15, 0.2) is 0 Å². The molecule has 1 heteroatoms. The number of hydrogen-bond donors (Lipinski definition) is 0. The quantitative estimate of drug-likeness (QED) is 0.233. The van der Waals surface area contributed by atoms with E-state index in [0.717, 1.165) is 0 Å². The van der Waals surface area contributed by atoms with Crippen LogP contribution >= 0.6 is 15.9 Å². The van der Waals surface area contributed by atoms with Crippen molar-refractivity contribution in [3.05, 3.63) is 0 Å². The smallest absolute Gasteiger partial charge is 0.0117 e. The van der Waals surface area contributed by atoms with Gasteiger partial charge in [-0.25, -0.2) is 0 Å². The van der Waals surface area contributed by atoms with Crippen LogP contribution in [0, 0.1) is 0 Å². The average molecular weight is 319 g/mol. The molecule has 0 aromatic rings. The molecule has 0 aromatic carbocycles. The molecular formula is C17H35Br. The molecule has 0 aliphatic heterocycles. The molecule has 0 saturated heterocycles. The summed E-state index contributed by atoms with van der Waals surface area (Å²) in [6, 6.07) is 0. The molecule has 0 bridgehead atoms. The van der Waals surface area contributed by atoms with Crippen molar-refractivity contribution in [2.45, 2.75) is 109 Å². The second-order valence-corrected chi connectivity index (χ2v) is 7.38. The second kappa shape index (κ2) is 15.5. The molecule has 0 fully saturated rings. The molecule has 0 saturated carbocycles. The van der Waals surface area contributed by atoms with E-state index in [2.05, 4.69) is 29.8 Å². The summed E-state index contributed by atoms with van der Waals surface area (Å²) in [6.45, 7) is 4.54. The van der Waals surface area contributed by atoms with Gasteiger partial charge < -0.3 is 0 Å². The zero-order valence-corrected chi connectivity index (χ0v) is 14.4. The molecule has 1 unspecified atom stereocenters. The van der Waals surface area contributed by atoms with Crippen LogP contribution in [0.3, 0.4) is 0 Å². The third-order valence-electron chi connectivity index (χ3n) is 3.71. The van der Waals surface area contributed by atoms with Crippen LogP contribution in [-0.2, 0) is 0 Å². The van der Waals surface area contributed by atoms with Crippen molar-refractivity contribution in [2.24, 2.45) is 0 Å². The molecule has 0 radical (unpaired) electrons. The highest BCUT2D eigenvalue weighted by atomic mass is 79.9. The van der Waals surface area contributed by atoms with Gasteiger partial charge in [-0.05, 0) is 6.42 Å². The largest absolute Gasteiger partial charge is 0.0894 e. The number of unbranched alkanes of at least 4 members (excludes halogenated alkanes) is 12. The third kappa shape index (κ3) is 16.5. The SMILES string of the molecule is CCCCCCCCCCCCCCCC(C)Br. The van der Waals surface area contributed by atoms with Crippen molar-refractivity contribution in [3.63, 3.8) is 0 Å². The molecule has 0 spiro atoms. The molecule has 0 nitrogen and oxygen atoms in total. The van der Waals surface area contributed by atoms with E-state index in [1.54, 1.807) is 0 Å². The summed E-state index contributed by atoms with van der Waals surface area (Å²) in [5, 5.41) is 0. The first-order valence-electron chi connectivity index (χ1n) is 8.41. The fourth-order valence-electron chi connectivity index (χ4n) is 2.44. The van der Waals surface area contributed by atoms with Gasteiger partial charge in [0.2, 0.25) is 0 Å². The standard InChI is InChI=1S/C17H35Br/c1-3-4-5-6-7-8-9-10-11-12-13-14-15-16-17(2)18/h17H,3-16H2,1-2H3. The molecule has 0 aliphatic rings. The van der Waals surface area contributed by atoms with E-state index in [-0.39, 0.29) is 0 Å². The van der Waals surface area contributed by atoms with E-state index in [0.29, 0.717) is 4.83 Å². The molecule has 0 heterocycles. The highest BCUT2D eigenvalue weighted by Crippen LogP contribution is 2.14. The maximum Gasteiger partial charge on any atom is 0.0117 e. The van der Waals surface area contributed by atoms with Crippen LogP contribution in [0.25, 0.3) is 0 Å². The molecule has 1 atom stereocenters. The van der Waals surface area contributed by atoms with Crippen LogP contribution in [0.2, 0.25) is 0 Å². The predicted molar refractivity (Wildman–Crippen MR) is 88.7 cm³/mol. The minimum absolute atomic E-state index is 0.713. The number of alkyl halides is 1. The van der Waals surface area contributed by atoms with Crippen molar-refractivity contribution in [1.82, 2.24) is 0 Å². The molecular weight excluding hydrogens is 284 g/mol. The Bertz CT molecular complexity index is 143. The minimum atomic E-state index is 0.713. The zero-order valence-electron chi connectivity index (χ0n) is 12.9. The highest BCUT2D eigenvalue weighted by Gasteiger charge is 1.96. The maximum absolute atomic E-state index is 3.61. The van der Waals surface area contributed by atoms with Crippen LogP contribution < -0.4 is 0 Å². The molecule has 0 rings (SSSR count). The Labute approximate surface area is 124 Å². The maximum atomic E-state index is 3.61. The van der Waals surface area contributed by atoms with E-state index in [1.807, 2.05) is 0 Å². The molecule has 0 amide bonds. The summed E-state index contributed by atoms with van der Waals surface area (Å²) >= 11 is 3.61. The van der Waals surface area contributed by atoms with Crippen LogP contribution in [0.15, 0.2) is 0 Å². The van der Waals surface area contributed by atoms with E-state index in [9.17, 15) is 0 Å². The van der Waals surface area contributed by atoms with Gasteiger partial charge in [0, 0.05) is 4.83 Å². The van der Waals surface area contributed by atoms with Gasteiger partial charge in [0.25, 0.3) is 0 Å². The van der Waals surface area contributed by atoms with Crippen LogP contribution in [-0.4, -0.2) is 4.83 Å². The number of hydrogen-bond acceptors (Lipinski definition) is 0. The summed E-state index contributed by atoms with van der Waals surface area (Å²) in [7, 11) is 0. The van der Waals surface area contributed by atoms with Crippen LogP contribution in [0.1, 0.15) is 104 Å². The molecule has 0 aliphatic carbocycles. The van der Waals surface area contributed by atoms with E-state index >= 15 is 0 Å². The lowest BCUT2D eigenvalue weighted by molar-refractivity contribution is 0.536. The Morgan fingerprint density at radius 2 is 0.944 bits per heavy atom. The first-order chi connectivity index (χ1) is 8.77. The van der Waals surface area contributed by atoms with Gasteiger partial charge in [-0.15, -0.1) is 0 Å². The van der Waals surface area contributed by atoms with Crippen molar-refractivity contribution in [2.75, 3.05) is 0 Å². The average Bonchev–Trinajstić information content (AvgIpc) is 2.34. The van der Waals surface area contributed by atoms with Gasteiger partial charge in [-0.3, -0.25) is 0 Å². The molecule has 18 heavy (non-hydrogen) atoms. The normalized spacial score (nSPS) is 12.8. The van der Waals surface area contributed by atoms with E-state index in [4.69, 9.17) is 0 Å². The van der Waals surface area contributed by atoms with E-state index < -0.39 is 0 Å². The first kappa shape index (κ1) is 18.5. The lowest BCUT2D eigenvalue weighted by Gasteiger charge is -2.04. The molecule has 110 valence electrons. The Morgan fingerprint density at radius 3 is 1.28 bits per heavy atom. The topological polar surface area (TPSA) is 0 Å². The lowest BCUT2D eigenvalue weighted by atomic mass is 10.0. The molecule has 0 N–H and O–H groups in total. The van der Waals surface area contributed by atoms with Gasteiger partial charge in [-0.1, -0.05) is 113 Å². The van der Waals surface area contributed by atoms with Crippen molar-refractivity contribution < 1.29 is 0 Å². The zero-order chi connectivity index (χ0) is 13.5. The Morgan fingerprint density at radius 1 is 0.611 bits per heavy atom. The summed E-state index contributed by atoms with van der Waals surface area (Å²) < 4.78 is 0. The van der Waals surface area contributed by atoms with Gasteiger partial charge in [0.05, 0.1) is 0 Å². The third-order valence-corrected chi connectivity index (χ3v) is 4.16. The van der Waals surface area contributed by atoms with Crippen molar-refractivity contribution >= 4 is 15.9 Å². The Hall–Kier alpha value is 0.480. The summed E-state index contributed by atoms with van der Waals surface area (Å²) in [5.74, 6) is 0. The lowest BCUT2D eigenvalue weighted by Crippen LogP contribution is -1.89. The van der Waals surface area contributed by atoms with Crippen LogP contribution in [0.4, 0.5) is 0 Å². The van der Waals surface area contributed by atoms with Gasteiger partial charge in [-0.2, -0.15) is 0 Å². The summed E-state index contributed by atoms with van der Waals surface area (Å²) in [6.07, 6.45) is 20.2. The summed E-state index contributed by atoms with van der Waals surface area (Å²) in [4.78, 5) is 0.713. The predicted octanol–water partition coefficient (Wildman–Crippen LogP) is 7.25. The van der Waals surface area contributed by atoms with Gasteiger partial charge >= 0.3 is 0 Å². The number of halogens is 1. The Balaban J connectivity index is 2.90. The van der Waals surface area contributed by atoms with Crippen molar-refractivity contribution in [3.8, 4) is 0 Å². The van der Waals surface area contributed by atoms with Crippen LogP contribution in [0.5, 0.6) is 0 Å². The monoisotopic (exact) mass is 318 g/mol. The summed E-state index contributed by atoms with van der Waals surface area (Å²) in [5.41, 5.74) is 0.